The van der Waals surface area contributed by atoms with Gasteiger partial charge >= 0.3 is 0 Å². The summed E-state index contributed by atoms with van der Waals surface area (Å²) in [6, 6.07) is 0. The second-order valence-electron chi connectivity index (χ2n) is 3.63. The summed E-state index contributed by atoms with van der Waals surface area (Å²) in [4.78, 5) is 0. The zero-order valence-electron chi connectivity index (χ0n) is 12.2. The number of hydrogen-bond acceptors (Lipinski definition) is 7. The van der Waals surface area contributed by atoms with Gasteiger partial charge in [0.05, 0.1) is 23.9 Å². The molecule has 22 heavy (non-hydrogen) atoms. The van der Waals surface area contributed by atoms with Crippen LogP contribution in [0.2, 0.25) is 0 Å². The molecule has 0 aromatic rings. The van der Waals surface area contributed by atoms with E-state index in [1.165, 1.54) is 12.4 Å². The van der Waals surface area contributed by atoms with E-state index in [0.29, 0.717) is 11.4 Å². The minimum absolute atomic E-state index is 0.0551. The molecule has 120 valence electrons. The van der Waals surface area contributed by atoms with Gasteiger partial charge in [-0.15, -0.1) is 15.3 Å². The summed E-state index contributed by atoms with van der Waals surface area (Å²) in [5.41, 5.74) is 29.2. The fourth-order valence-corrected chi connectivity index (χ4v) is 0.714. The Morgan fingerprint density at radius 2 is 1.27 bits per heavy atom. The molecule has 13 heteroatoms. The summed E-state index contributed by atoms with van der Waals surface area (Å²) >= 11 is 0. The molecule has 0 saturated carbocycles. The third-order valence-corrected chi connectivity index (χ3v) is 1.49. The van der Waals surface area contributed by atoms with Crippen molar-refractivity contribution in [2.75, 3.05) is 0 Å². The van der Waals surface area contributed by atoms with Gasteiger partial charge in [-0.3, -0.25) is 0 Å². The highest BCUT2D eigenvalue weighted by Gasteiger charge is 1.89. The van der Waals surface area contributed by atoms with E-state index in [1.807, 2.05) is 0 Å². The van der Waals surface area contributed by atoms with Crippen molar-refractivity contribution in [2.24, 2.45) is 64.4 Å². The van der Waals surface area contributed by atoms with Crippen molar-refractivity contribution in [2.45, 2.75) is 13.8 Å². The second-order valence-corrected chi connectivity index (χ2v) is 3.63. The molecule has 0 aromatic carbocycles. The average Bonchev–Trinajstić information content (AvgIpc) is 2.42. The van der Waals surface area contributed by atoms with Crippen LogP contribution in [-0.2, 0) is 0 Å². The van der Waals surface area contributed by atoms with Crippen molar-refractivity contribution in [1.82, 2.24) is 5.43 Å². The standard InChI is InChI=1S/C9H19N13/c1-5(17-20-8(12)13)4-16-21-9(14)22-18-6(2)3-15-19-7(10)11/h3-4H,1-2H3,(H4,10,11,19)(H4,12,13,20)(H3,14,21,22)/b15-3+,16-4+,17-5+,18-6+. The summed E-state index contributed by atoms with van der Waals surface area (Å²) in [5.74, 6) is -0.379. The summed E-state index contributed by atoms with van der Waals surface area (Å²) in [7, 11) is 0. The van der Waals surface area contributed by atoms with Gasteiger partial charge in [-0.1, -0.05) is 0 Å². The van der Waals surface area contributed by atoms with Crippen LogP contribution in [0, 0.1) is 0 Å². The van der Waals surface area contributed by atoms with Gasteiger partial charge in [0.25, 0.3) is 0 Å². The van der Waals surface area contributed by atoms with Crippen LogP contribution in [0.3, 0.4) is 0 Å². The average molecular weight is 309 g/mol. The van der Waals surface area contributed by atoms with Crippen LogP contribution >= 0.6 is 0 Å². The highest BCUT2D eigenvalue weighted by atomic mass is 15.4. The van der Waals surface area contributed by atoms with Crippen LogP contribution in [0.5, 0.6) is 0 Å². The van der Waals surface area contributed by atoms with Gasteiger partial charge < -0.3 is 28.7 Å². The van der Waals surface area contributed by atoms with Gasteiger partial charge in [-0.25, -0.2) is 5.43 Å². The SMILES string of the molecule is CC(/C=N/NC(N)=N/N=C(C)/C=N/N=C(N)N)=N\N=C(N)N. The van der Waals surface area contributed by atoms with Crippen molar-refractivity contribution in [3.63, 3.8) is 0 Å². The summed E-state index contributed by atoms with van der Waals surface area (Å²) < 4.78 is 0. The van der Waals surface area contributed by atoms with Crippen molar-refractivity contribution in [3.8, 4) is 0 Å². The molecule has 0 atom stereocenters. The Kier molecular flexibility index (Phi) is 8.66. The van der Waals surface area contributed by atoms with E-state index < -0.39 is 0 Å². The van der Waals surface area contributed by atoms with E-state index in [4.69, 9.17) is 28.7 Å². The van der Waals surface area contributed by atoms with Crippen LogP contribution < -0.4 is 34.1 Å². The van der Waals surface area contributed by atoms with Crippen LogP contribution in [0.1, 0.15) is 13.8 Å². The smallest absolute Gasteiger partial charge is 0.234 e. The Balaban J connectivity index is 4.51. The van der Waals surface area contributed by atoms with E-state index in [-0.39, 0.29) is 17.9 Å². The summed E-state index contributed by atoms with van der Waals surface area (Å²) in [6.45, 7) is 3.26. The molecule has 0 spiro atoms. The minimum atomic E-state index is -0.166. The molecule has 0 aliphatic carbocycles. The number of nitrogens with one attached hydrogen (secondary N) is 1. The van der Waals surface area contributed by atoms with Crippen LogP contribution in [-0.4, -0.2) is 41.7 Å². The highest BCUT2D eigenvalue weighted by molar-refractivity contribution is 6.30. The minimum Gasteiger partial charge on any atom is -0.369 e. The number of hydrazone groups is 1. The molecule has 13 nitrogen and oxygen atoms in total. The van der Waals surface area contributed by atoms with Crippen molar-refractivity contribution in [1.29, 1.82) is 0 Å². The zero-order valence-corrected chi connectivity index (χ0v) is 12.2. The van der Waals surface area contributed by atoms with Crippen molar-refractivity contribution >= 4 is 41.7 Å². The molecular weight excluding hydrogens is 290 g/mol. The van der Waals surface area contributed by atoms with Gasteiger partial charge in [0, 0.05) is 0 Å². The van der Waals surface area contributed by atoms with E-state index in [1.54, 1.807) is 13.8 Å². The lowest BCUT2D eigenvalue weighted by Gasteiger charge is -1.95. The Labute approximate surface area is 126 Å². The predicted octanol–water partition coefficient (Wildman–Crippen LogP) is -2.84. The highest BCUT2D eigenvalue weighted by Crippen LogP contribution is 1.79. The predicted molar refractivity (Wildman–Crippen MR) is 89.6 cm³/mol. The Morgan fingerprint density at radius 3 is 1.86 bits per heavy atom. The first kappa shape index (κ1) is 18.5. The molecule has 0 unspecified atom stereocenters. The summed E-state index contributed by atoms with van der Waals surface area (Å²) in [6.07, 6.45) is 2.64. The summed E-state index contributed by atoms with van der Waals surface area (Å²) in [5, 5.41) is 25.1. The van der Waals surface area contributed by atoms with Crippen LogP contribution in [0.25, 0.3) is 0 Å². The van der Waals surface area contributed by atoms with Gasteiger partial charge in [0.2, 0.25) is 17.9 Å². The quantitative estimate of drug-likeness (QED) is 0.172. The number of rotatable bonds is 6. The normalized spacial score (nSPS) is 13.5. The van der Waals surface area contributed by atoms with E-state index in [2.05, 4.69) is 41.1 Å². The molecule has 0 aliphatic heterocycles. The molecule has 11 N–H and O–H groups in total. The molecule has 0 amide bonds. The van der Waals surface area contributed by atoms with E-state index in [9.17, 15) is 0 Å². The third kappa shape index (κ3) is 11.6. The number of nitrogens with zero attached hydrogens (tertiary/aromatic N) is 7. The first-order chi connectivity index (χ1) is 10.3. The van der Waals surface area contributed by atoms with E-state index >= 15 is 0 Å². The van der Waals surface area contributed by atoms with Crippen molar-refractivity contribution < 1.29 is 0 Å². The molecule has 0 aliphatic rings. The molecule has 0 heterocycles. The van der Waals surface area contributed by atoms with E-state index in [0.717, 1.165) is 0 Å². The van der Waals surface area contributed by atoms with Gasteiger partial charge in [0.15, 0.2) is 0 Å². The van der Waals surface area contributed by atoms with Crippen molar-refractivity contribution in [3.05, 3.63) is 0 Å². The first-order valence-corrected chi connectivity index (χ1v) is 5.73. The fourth-order valence-electron chi connectivity index (χ4n) is 0.714. The van der Waals surface area contributed by atoms with Gasteiger partial charge in [0.1, 0.15) is 0 Å². The van der Waals surface area contributed by atoms with Crippen LogP contribution in [0.4, 0.5) is 0 Å². The monoisotopic (exact) mass is 309 g/mol. The maximum absolute atomic E-state index is 5.51. The molecular formula is C9H19N13. The largest absolute Gasteiger partial charge is 0.369 e. The fraction of sp³-hybridized carbons (Fsp3) is 0.222. The topological polar surface area (TPSA) is 229 Å². The molecule has 0 bridgehead atoms. The first-order valence-electron chi connectivity index (χ1n) is 5.73. The van der Waals surface area contributed by atoms with Gasteiger partial charge in [-0.05, 0) is 13.8 Å². The second kappa shape index (κ2) is 10.3. The molecule has 0 saturated heterocycles. The number of guanidine groups is 3. The molecule has 0 radical (unpaired) electrons. The maximum Gasteiger partial charge on any atom is 0.234 e. The third-order valence-electron chi connectivity index (χ3n) is 1.49. The number of nitrogens with two attached hydrogens (primary N) is 5. The lowest BCUT2D eigenvalue weighted by atomic mass is 10.5. The Bertz CT molecular complexity index is 554. The Morgan fingerprint density at radius 1 is 0.727 bits per heavy atom. The van der Waals surface area contributed by atoms with Crippen LogP contribution in [0.15, 0.2) is 35.7 Å². The Hall–Kier alpha value is -3.51. The maximum atomic E-state index is 5.51. The molecule has 0 aromatic heterocycles. The molecule has 0 fully saturated rings. The lowest BCUT2D eigenvalue weighted by molar-refractivity contribution is 0.994. The zero-order chi connectivity index (χ0) is 17.0. The lowest BCUT2D eigenvalue weighted by Crippen LogP contribution is -2.27. The number of hydrogen-bond donors (Lipinski definition) is 6. The van der Waals surface area contributed by atoms with Gasteiger partial charge in [-0.2, -0.15) is 20.4 Å². The molecule has 0 rings (SSSR count).